The Hall–Kier alpha value is -1.36. The van der Waals surface area contributed by atoms with Crippen LogP contribution in [0.2, 0.25) is 0 Å². The van der Waals surface area contributed by atoms with Crippen LogP contribution in [0.15, 0.2) is 0 Å². The summed E-state index contributed by atoms with van der Waals surface area (Å²) < 4.78 is 5.21. The molecule has 0 radical (unpaired) electrons. The van der Waals surface area contributed by atoms with Gasteiger partial charge >= 0.3 is 0 Å². The zero-order valence-electron chi connectivity index (χ0n) is 12.2. The summed E-state index contributed by atoms with van der Waals surface area (Å²) in [5.74, 6) is 2.51. The van der Waals surface area contributed by atoms with E-state index in [0.717, 1.165) is 29.6 Å². The van der Waals surface area contributed by atoms with Gasteiger partial charge in [-0.1, -0.05) is 0 Å². The molecule has 0 saturated heterocycles. The number of nitrogens with one attached hydrogen (secondary N) is 2. The van der Waals surface area contributed by atoms with Gasteiger partial charge in [0.2, 0.25) is 0 Å². The van der Waals surface area contributed by atoms with Gasteiger partial charge in [0.1, 0.15) is 17.5 Å². The van der Waals surface area contributed by atoms with Crippen molar-refractivity contribution in [2.45, 2.75) is 40.2 Å². The molecule has 5 heteroatoms. The highest BCUT2D eigenvalue weighted by Gasteiger charge is 2.20. The largest absolute Gasteiger partial charge is 0.382 e. The Morgan fingerprint density at radius 3 is 2.33 bits per heavy atom. The molecule has 0 aliphatic rings. The number of hydrogen-bond donors (Lipinski definition) is 2. The van der Waals surface area contributed by atoms with Gasteiger partial charge in [-0.2, -0.15) is 0 Å². The highest BCUT2D eigenvalue weighted by atomic mass is 16.5. The number of ether oxygens (including phenoxy) is 1. The lowest BCUT2D eigenvalue weighted by molar-refractivity contribution is 0.158. The minimum Gasteiger partial charge on any atom is -0.382 e. The fourth-order valence-electron chi connectivity index (χ4n) is 1.81. The molecule has 18 heavy (non-hydrogen) atoms. The van der Waals surface area contributed by atoms with E-state index >= 15 is 0 Å². The topological polar surface area (TPSA) is 59.1 Å². The molecule has 0 spiro atoms. The summed E-state index contributed by atoms with van der Waals surface area (Å²) in [6.45, 7) is 11.6. The lowest BCUT2D eigenvalue weighted by Crippen LogP contribution is -2.36. The molecule has 0 unspecified atom stereocenters. The molecule has 1 heterocycles. The smallest absolute Gasteiger partial charge is 0.135 e. The molecule has 5 nitrogen and oxygen atoms in total. The number of aryl methyl sites for hydroxylation is 1. The van der Waals surface area contributed by atoms with E-state index in [-0.39, 0.29) is 5.54 Å². The van der Waals surface area contributed by atoms with Gasteiger partial charge in [0.05, 0.1) is 12.1 Å². The molecule has 2 N–H and O–H groups in total. The van der Waals surface area contributed by atoms with E-state index < -0.39 is 0 Å². The Bertz CT molecular complexity index is 404. The Balaban J connectivity index is 3.01. The highest BCUT2D eigenvalue weighted by Crippen LogP contribution is 2.22. The SMILES string of the molecule is CCNc1nc(C)nc(NC(C)(C)COC)c1C. The van der Waals surface area contributed by atoms with E-state index in [1.165, 1.54) is 0 Å². The number of aromatic nitrogens is 2. The number of hydrogen-bond acceptors (Lipinski definition) is 5. The summed E-state index contributed by atoms with van der Waals surface area (Å²) in [5, 5.41) is 6.66. The maximum absolute atomic E-state index is 5.21. The van der Waals surface area contributed by atoms with Gasteiger partial charge in [0.15, 0.2) is 0 Å². The lowest BCUT2D eigenvalue weighted by Gasteiger charge is -2.27. The summed E-state index contributed by atoms with van der Waals surface area (Å²) in [4.78, 5) is 8.87. The third kappa shape index (κ3) is 3.84. The molecule has 1 aromatic heterocycles. The van der Waals surface area contributed by atoms with Crippen LogP contribution < -0.4 is 10.6 Å². The zero-order valence-corrected chi connectivity index (χ0v) is 12.2. The Morgan fingerprint density at radius 2 is 1.78 bits per heavy atom. The molecule has 0 atom stereocenters. The molecule has 0 aromatic carbocycles. The minimum absolute atomic E-state index is 0.163. The van der Waals surface area contributed by atoms with Crippen molar-refractivity contribution < 1.29 is 4.74 Å². The van der Waals surface area contributed by atoms with Crippen molar-refractivity contribution in [2.24, 2.45) is 0 Å². The predicted molar refractivity (Wildman–Crippen MR) is 75.2 cm³/mol. The van der Waals surface area contributed by atoms with Crippen molar-refractivity contribution >= 4 is 11.6 Å². The molecular formula is C13H24N4O. The first-order chi connectivity index (χ1) is 8.39. The molecule has 102 valence electrons. The summed E-state index contributed by atoms with van der Waals surface area (Å²) in [5.41, 5.74) is 0.871. The predicted octanol–water partition coefficient (Wildman–Crippen LogP) is 2.36. The van der Waals surface area contributed by atoms with Gasteiger partial charge in [-0.25, -0.2) is 9.97 Å². The fourth-order valence-corrected chi connectivity index (χ4v) is 1.81. The molecular weight excluding hydrogens is 228 g/mol. The minimum atomic E-state index is -0.163. The van der Waals surface area contributed by atoms with Crippen molar-refractivity contribution in [3.63, 3.8) is 0 Å². The van der Waals surface area contributed by atoms with Crippen molar-refractivity contribution in [3.8, 4) is 0 Å². The van der Waals surface area contributed by atoms with Crippen LogP contribution in [0.25, 0.3) is 0 Å². The average molecular weight is 252 g/mol. The highest BCUT2D eigenvalue weighted by molar-refractivity contribution is 5.58. The van der Waals surface area contributed by atoms with Crippen LogP contribution in [0.3, 0.4) is 0 Å². The lowest BCUT2D eigenvalue weighted by atomic mass is 10.1. The van der Waals surface area contributed by atoms with Crippen LogP contribution in [0, 0.1) is 13.8 Å². The third-order valence-electron chi connectivity index (χ3n) is 2.56. The molecule has 0 bridgehead atoms. The standard InChI is InChI=1S/C13H24N4O/c1-7-14-11-9(2)12(16-10(3)15-11)17-13(4,5)8-18-6/h7-8H2,1-6H3,(H2,14,15,16,17). The average Bonchev–Trinajstić information content (AvgIpc) is 2.24. The van der Waals surface area contributed by atoms with Gasteiger partial charge in [-0.3, -0.25) is 0 Å². The first-order valence-electron chi connectivity index (χ1n) is 6.26. The van der Waals surface area contributed by atoms with Crippen molar-refractivity contribution in [1.82, 2.24) is 9.97 Å². The van der Waals surface area contributed by atoms with E-state index in [1.807, 2.05) is 13.8 Å². The number of anilines is 2. The van der Waals surface area contributed by atoms with Gasteiger partial charge in [0, 0.05) is 19.2 Å². The van der Waals surface area contributed by atoms with Crippen LogP contribution >= 0.6 is 0 Å². The van der Waals surface area contributed by atoms with E-state index in [1.54, 1.807) is 7.11 Å². The maximum atomic E-state index is 5.21. The van der Waals surface area contributed by atoms with Gasteiger partial charge in [-0.15, -0.1) is 0 Å². The van der Waals surface area contributed by atoms with Gasteiger partial charge in [0.25, 0.3) is 0 Å². The Kier molecular flexibility index (Phi) is 4.90. The monoisotopic (exact) mass is 252 g/mol. The van der Waals surface area contributed by atoms with Crippen molar-refractivity contribution in [1.29, 1.82) is 0 Å². The molecule has 1 aromatic rings. The van der Waals surface area contributed by atoms with Crippen LogP contribution in [0.4, 0.5) is 11.6 Å². The summed E-state index contributed by atoms with van der Waals surface area (Å²) in [6, 6.07) is 0. The van der Waals surface area contributed by atoms with Crippen LogP contribution in [-0.2, 0) is 4.74 Å². The first-order valence-corrected chi connectivity index (χ1v) is 6.26. The zero-order chi connectivity index (χ0) is 13.8. The van der Waals surface area contributed by atoms with Gasteiger partial charge < -0.3 is 15.4 Å². The third-order valence-corrected chi connectivity index (χ3v) is 2.56. The summed E-state index contributed by atoms with van der Waals surface area (Å²) >= 11 is 0. The molecule has 0 fully saturated rings. The second kappa shape index (κ2) is 6.00. The maximum Gasteiger partial charge on any atom is 0.135 e. The van der Waals surface area contributed by atoms with E-state index in [9.17, 15) is 0 Å². The molecule has 0 aliphatic heterocycles. The fraction of sp³-hybridized carbons (Fsp3) is 0.692. The van der Waals surface area contributed by atoms with Crippen LogP contribution in [0.1, 0.15) is 32.2 Å². The Morgan fingerprint density at radius 1 is 1.17 bits per heavy atom. The Labute approximate surface area is 109 Å². The second-order valence-corrected chi connectivity index (χ2v) is 5.07. The number of nitrogens with zero attached hydrogens (tertiary/aromatic N) is 2. The molecule has 0 amide bonds. The summed E-state index contributed by atoms with van der Waals surface area (Å²) in [7, 11) is 1.70. The molecule has 1 rings (SSSR count). The summed E-state index contributed by atoms with van der Waals surface area (Å²) in [6.07, 6.45) is 0. The first kappa shape index (κ1) is 14.7. The normalized spacial score (nSPS) is 11.4. The van der Waals surface area contributed by atoms with Crippen LogP contribution in [0.5, 0.6) is 0 Å². The van der Waals surface area contributed by atoms with E-state index in [4.69, 9.17) is 4.74 Å². The quantitative estimate of drug-likeness (QED) is 0.814. The second-order valence-electron chi connectivity index (χ2n) is 5.07. The molecule has 0 aliphatic carbocycles. The molecule has 0 saturated carbocycles. The van der Waals surface area contributed by atoms with Crippen LogP contribution in [-0.4, -0.2) is 35.8 Å². The van der Waals surface area contributed by atoms with E-state index in [2.05, 4.69) is 41.4 Å². The number of rotatable bonds is 6. The number of methoxy groups -OCH3 is 1. The van der Waals surface area contributed by atoms with Crippen molar-refractivity contribution in [3.05, 3.63) is 11.4 Å². The van der Waals surface area contributed by atoms with E-state index in [0.29, 0.717) is 6.61 Å². The van der Waals surface area contributed by atoms with Gasteiger partial charge in [-0.05, 0) is 34.6 Å². The van der Waals surface area contributed by atoms with Crippen molar-refractivity contribution in [2.75, 3.05) is 30.9 Å².